The SMILES string of the molecule is CC(=O)N1CCN(c2ccc(OS(=O)(=O)c3ccc(Cl)c(Cl)c3)cc2)CC1. The van der Waals surface area contributed by atoms with Crippen molar-refractivity contribution in [2.45, 2.75) is 11.8 Å². The Labute approximate surface area is 168 Å². The van der Waals surface area contributed by atoms with Crippen molar-refractivity contribution in [1.29, 1.82) is 0 Å². The maximum Gasteiger partial charge on any atom is 0.339 e. The lowest BCUT2D eigenvalue weighted by Crippen LogP contribution is -2.48. The highest BCUT2D eigenvalue weighted by Gasteiger charge is 2.20. The summed E-state index contributed by atoms with van der Waals surface area (Å²) in [5.74, 6) is 0.276. The lowest BCUT2D eigenvalue weighted by Gasteiger charge is -2.35. The summed E-state index contributed by atoms with van der Waals surface area (Å²) in [4.78, 5) is 15.3. The number of nitrogens with zero attached hydrogens (tertiary/aromatic N) is 2. The largest absolute Gasteiger partial charge is 0.379 e. The van der Waals surface area contributed by atoms with Crippen molar-refractivity contribution in [3.8, 4) is 5.75 Å². The molecule has 0 unspecified atom stereocenters. The Morgan fingerprint density at radius 2 is 1.59 bits per heavy atom. The molecule has 27 heavy (non-hydrogen) atoms. The summed E-state index contributed by atoms with van der Waals surface area (Å²) in [5.41, 5.74) is 0.942. The van der Waals surface area contributed by atoms with Gasteiger partial charge in [-0.05, 0) is 42.5 Å². The fraction of sp³-hybridized carbons (Fsp3) is 0.278. The van der Waals surface area contributed by atoms with Crippen LogP contribution < -0.4 is 9.08 Å². The van der Waals surface area contributed by atoms with Gasteiger partial charge in [0, 0.05) is 38.8 Å². The van der Waals surface area contributed by atoms with Crippen LogP contribution in [-0.2, 0) is 14.9 Å². The Bertz CT molecular complexity index is 940. The summed E-state index contributed by atoms with van der Waals surface area (Å²) in [6, 6.07) is 10.8. The third-order valence-electron chi connectivity index (χ3n) is 4.31. The van der Waals surface area contributed by atoms with Gasteiger partial charge in [-0.3, -0.25) is 4.79 Å². The maximum atomic E-state index is 12.4. The zero-order valence-corrected chi connectivity index (χ0v) is 16.9. The molecule has 3 rings (SSSR count). The predicted octanol–water partition coefficient (Wildman–Crippen LogP) is 3.43. The van der Waals surface area contributed by atoms with E-state index < -0.39 is 10.1 Å². The second kappa shape index (κ2) is 7.96. The van der Waals surface area contributed by atoms with Crippen molar-refractivity contribution in [3.05, 3.63) is 52.5 Å². The predicted molar refractivity (Wildman–Crippen MR) is 105 cm³/mol. The van der Waals surface area contributed by atoms with Crippen LogP contribution in [0.1, 0.15) is 6.92 Å². The summed E-state index contributed by atoms with van der Waals surface area (Å²) < 4.78 is 29.9. The third-order valence-corrected chi connectivity index (χ3v) is 6.29. The van der Waals surface area contributed by atoms with Crippen LogP contribution in [0.5, 0.6) is 5.75 Å². The molecule has 0 saturated carbocycles. The van der Waals surface area contributed by atoms with Crippen LogP contribution in [-0.4, -0.2) is 45.4 Å². The van der Waals surface area contributed by atoms with Crippen molar-refractivity contribution in [2.24, 2.45) is 0 Å². The first-order valence-electron chi connectivity index (χ1n) is 8.26. The second-order valence-corrected chi connectivity index (χ2v) is 8.46. The van der Waals surface area contributed by atoms with Crippen LogP contribution in [0.2, 0.25) is 10.0 Å². The van der Waals surface area contributed by atoms with Gasteiger partial charge in [-0.15, -0.1) is 0 Å². The van der Waals surface area contributed by atoms with Gasteiger partial charge in [-0.25, -0.2) is 0 Å². The maximum absolute atomic E-state index is 12.4. The number of rotatable bonds is 4. The molecule has 0 radical (unpaired) electrons. The summed E-state index contributed by atoms with van der Waals surface area (Å²) in [6.45, 7) is 4.34. The number of anilines is 1. The first-order valence-corrected chi connectivity index (χ1v) is 10.4. The van der Waals surface area contributed by atoms with Crippen molar-refractivity contribution >= 4 is 44.9 Å². The minimum Gasteiger partial charge on any atom is -0.379 e. The van der Waals surface area contributed by atoms with Gasteiger partial charge in [-0.2, -0.15) is 8.42 Å². The Morgan fingerprint density at radius 3 is 2.15 bits per heavy atom. The first kappa shape index (κ1) is 19.8. The van der Waals surface area contributed by atoms with Crippen LogP contribution in [0.15, 0.2) is 47.4 Å². The zero-order chi connectivity index (χ0) is 19.6. The quantitative estimate of drug-likeness (QED) is 0.697. The van der Waals surface area contributed by atoms with E-state index in [1.807, 2.05) is 0 Å². The van der Waals surface area contributed by atoms with Gasteiger partial charge in [0.1, 0.15) is 10.6 Å². The number of hydrogen-bond acceptors (Lipinski definition) is 5. The average molecular weight is 429 g/mol. The minimum absolute atomic E-state index is 0.0682. The molecule has 2 aromatic rings. The summed E-state index contributed by atoms with van der Waals surface area (Å²) in [6.07, 6.45) is 0. The van der Waals surface area contributed by atoms with Crippen molar-refractivity contribution in [2.75, 3.05) is 31.1 Å². The van der Waals surface area contributed by atoms with Gasteiger partial charge in [-0.1, -0.05) is 23.2 Å². The molecule has 1 heterocycles. The van der Waals surface area contributed by atoms with E-state index in [0.717, 1.165) is 18.8 Å². The average Bonchev–Trinajstić information content (AvgIpc) is 2.64. The molecule has 1 amide bonds. The topological polar surface area (TPSA) is 66.9 Å². The molecular weight excluding hydrogens is 411 g/mol. The van der Waals surface area contributed by atoms with Crippen LogP contribution in [0, 0.1) is 0 Å². The van der Waals surface area contributed by atoms with Gasteiger partial charge < -0.3 is 14.0 Å². The van der Waals surface area contributed by atoms with E-state index in [1.165, 1.54) is 18.2 Å². The molecule has 1 saturated heterocycles. The Hall–Kier alpha value is -1.96. The Balaban J connectivity index is 1.68. The van der Waals surface area contributed by atoms with Gasteiger partial charge >= 0.3 is 10.1 Å². The van der Waals surface area contributed by atoms with Crippen LogP contribution in [0.4, 0.5) is 5.69 Å². The molecule has 6 nitrogen and oxygen atoms in total. The molecule has 0 spiro atoms. The molecule has 0 atom stereocenters. The molecule has 1 aliphatic heterocycles. The Kier molecular flexibility index (Phi) is 5.83. The number of piperazine rings is 1. The van der Waals surface area contributed by atoms with Gasteiger partial charge in [0.2, 0.25) is 5.91 Å². The molecule has 1 fully saturated rings. The lowest BCUT2D eigenvalue weighted by molar-refractivity contribution is -0.129. The number of carbonyl (C=O) groups is 1. The van der Waals surface area contributed by atoms with Crippen molar-refractivity contribution in [3.63, 3.8) is 0 Å². The molecule has 1 aliphatic rings. The van der Waals surface area contributed by atoms with Gasteiger partial charge in [0.25, 0.3) is 0 Å². The summed E-state index contributed by atoms with van der Waals surface area (Å²) >= 11 is 11.7. The fourth-order valence-corrected chi connectivity index (χ4v) is 4.12. The number of amides is 1. The highest BCUT2D eigenvalue weighted by atomic mass is 35.5. The van der Waals surface area contributed by atoms with E-state index in [1.54, 1.807) is 36.1 Å². The molecule has 0 bridgehead atoms. The fourth-order valence-electron chi connectivity index (χ4n) is 2.80. The van der Waals surface area contributed by atoms with E-state index in [0.29, 0.717) is 13.1 Å². The lowest BCUT2D eigenvalue weighted by atomic mass is 10.2. The summed E-state index contributed by atoms with van der Waals surface area (Å²) in [7, 11) is -4.01. The monoisotopic (exact) mass is 428 g/mol. The number of halogens is 2. The number of carbonyl (C=O) groups excluding carboxylic acids is 1. The molecule has 0 aromatic heterocycles. The normalized spacial score (nSPS) is 14.9. The standard InChI is InChI=1S/C18H18Cl2N2O4S/c1-13(23)21-8-10-22(11-9-21)14-2-4-15(5-3-14)26-27(24,25)16-6-7-17(19)18(20)12-16/h2-7,12H,8-11H2,1H3. The van der Waals surface area contributed by atoms with Crippen LogP contribution >= 0.6 is 23.2 Å². The third kappa shape index (κ3) is 4.66. The summed E-state index contributed by atoms with van der Waals surface area (Å²) in [5, 5.41) is 0.409. The van der Waals surface area contributed by atoms with Gasteiger partial charge in [0.05, 0.1) is 10.0 Å². The van der Waals surface area contributed by atoms with E-state index in [9.17, 15) is 13.2 Å². The van der Waals surface area contributed by atoms with Crippen molar-refractivity contribution < 1.29 is 17.4 Å². The highest BCUT2D eigenvalue weighted by Crippen LogP contribution is 2.27. The van der Waals surface area contributed by atoms with E-state index in [2.05, 4.69) is 4.90 Å². The molecule has 9 heteroatoms. The van der Waals surface area contributed by atoms with Crippen molar-refractivity contribution in [1.82, 2.24) is 4.90 Å². The van der Waals surface area contributed by atoms with Crippen LogP contribution in [0.25, 0.3) is 0 Å². The molecular formula is C18H18Cl2N2O4S. The zero-order valence-electron chi connectivity index (χ0n) is 14.6. The van der Waals surface area contributed by atoms with Crippen LogP contribution in [0.3, 0.4) is 0 Å². The molecule has 144 valence electrons. The van der Waals surface area contributed by atoms with E-state index >= 15 is 0 Å². The van der Waals surface area contributed by atoms with E-state index in [4.69, 9.17) is 27.4 Å². The smallest absolute Gasteiger partial charge is 0.339 e. The second-order valence-electron chi connectivity index (χ2n) is 6.10. The highest BCUT2D eigenvalue weighted by molar-refractivity contribution is 7.87. The number of benzene rings is 2. The molecule has 2 aromatic carbocycles. The first-order chi connectivity index (χ1) is 12.8. The Morgan fingerprint density at radius 1 is 0.963 bits per heavy atom. The molecule has 0 N–H and O–H groups in total. The molecule has 0 aliphatic carbocycles. The number of hydrogen-bond donors (Lipinski definition) is 0. The minimum atomic E-state index is -4.01. The van der Waals surface area contributed by atoms with Gasteiger partial charge in [0.15, 0.2) is 0 Å². The van der Waals surface area contributed by atoms with E-state index in [-0.39, 0.29) is 26.6 Å².